The fourth-order valence-corrected chi connectivity index (χ4v) is 4.92. The maximum Gasteiger partial charge on any atom is 0.246 e. The number of aromatic nitrogens is 4. The predicted molar refractivity (Wildman–Crippen MR) is 85.2 cm³/mol. The third-order valence-corrected chi connectivity index (χ3v) is 5.98. The van der Waals surface area contributed by atoms with E-state index in [1.54, 1.807) is 0 Å². The number of rotatable bonds is 4. The lowest BCUT2D eigenvalue weighted by molar-refractivity contribution is -0.116. The van der Waals surface area contributed by atoms with Crippen LogP contribution in [0.2, 0.25) is 0 Å². The van der Waals surface area contributed by atoms with E-state index in [1.807, 2.05) is 41.7 Å². The predicted octanol–water partition coefficient (Wildman–Crippen LogP) is 2.18. The van der Waals surface area contributed by atoms with Crippen molar-refractivity contribution in [2.45, 2.75) is 17.5 Å². The third kappa shape index (κ3) is 3.98. The molecule has 1 aromatic heterocycles. The van der Waals surface area contributed by atoms with Crippen LogP contribution in [-0.4, -0.2) is 37.6 Å². The number of anilines is 1. The smallest absolute Gasteiger partial charge is 0.246 e. The lowest BCUT2D eigenvalue weighted by Crippen LogP contribution is -2.19. The second-order valence-corrected chi connectivity index (χ2v) is 7.33. The summed E-state index contributed by atoms with van der Waals surface area (Å²) in [6, 6.07) is 8.05. The van der Waals surface area contributed by atoms with Crippen LogP contribution in [0.15, 0.2) is 30.6 Å². The molecule has 0 radical (unpaired) electrons. The summed E-state index contributed by atoms with van der Waals surface area (Å²) in [4.78, 5) is 11.9. The molecule has 0 bridgehead atoms. The Kier molecular flexibility index (Phi) is 4.76. The summed E-state index contributed by atoms with van der Waals surface area (Å²) in [6.07, 6.45) is 2.69. The molecule has 3 rings (SSSR count). The van der Waals surface area contributed by atoms with Gasteiger partial charge >= 0.3 is 0 Å². The molecule has 1 fully saturated rings. The summed E-state index contributed by atoms with van der Waals surface area (Å²) in [7, 11) is 0. The summed E-state index contributed by atoms with van der Waals surface area (Å²) in [5.41, 5.74) is 2.07. The zero-order valence-electron chi connectivity index (χ0n) is 11.3. The summed E-state index contributed by atoms with van der Waals surface area (Å²) < 4.78 is 1.86. The number of carbonyl (C=O) groups excluding carboxylic acids is 1. The molecule has 1 aliphatic rings. The highest BCUT2D eigenvalue weighted by Gasteiger charge is 2.17. The highest BCUT2D eigenvalue weighted by molar-refractivity contribution is 8.16. The minimum absolute atomic E-state index is 0.115. The van der Waals surface area contributed by atoms with E-state index in [9.17, 15) is 4.79 Å². The minimum atomic E-state index is -0.136. The molecule has 0 unspecified atom stereocenters. The quantitative estimate of drug-likeness (QED) is 0.930. The average molecular weight is 321 g/mol. The fourth-order valence-electron chi connectivity index (χ4n) is 2.04. The van der Waals surface area contributed by atoms with E-state index in [2.05, 4.69) is 26.9 Å². The van der Waals surface area contributed by atoms with Crippen molar-refractivity contribution >= 4 is 35.1 Å². The van der Waals surface area contributed by atoms with Crippen molar-refractivity contribution in [2.75, 3.05) is 16.8 Å². The van der Waals surface area contributed by atoms with Gasteiger partial charge in [0, 0.05) is 5.69 Å². The van der Waals surface area contributed by atoms with E-state index in [0.717, 1.165) is 5.69 Å². The molecular weight excluding hydrogens is 306 g/mol. The highest BCUT2D eigenvalue weighted by atomic mass is 32.2. The van der Waals surface area contributed by atoms with E-state index < -0.39 is 0 Å². The van der Waals surface area contributed by atoms with Crippen molar-refractivity contribution < 1.29 is 4.79 Å². The molecule has 0 spiro atoms. The van der Waals surface area contributed by atoms with Crippen molar-refractivity contribution in [1.29, 1.82) is 0 Å². The van der Waals surface area contributed by atoms with Crippen LogP contribution >= 0.6 is 23.5 Å². The Morgan fingerprint density at radius 2 is 2.24 bits per heavy atom. The molecule has 1 N–H and O–H groups in total. The maximum absolute atomic E-state index is 11.9. The molecule has 110 valence electrons. The van der Waals surface area contributed by atoms with Gasteiger partial charge in [-0.25, -0.2) is 4.68 Å². The van der Waals surface area contributed by atoms with E-state index in [-0.39, 0.29) is 12.5 Å². The van der Waals surface area contributed by atoms with Crippen LogP contribution in [0.25, 0.3) is 0 Å². The number of tetrazole rings is 1. The summed E-state index contributed by atoms with van der Waals surface area (Å²) >= 11 is 3.93. The van der Waals surface area contributed by atoms with Gasteiger partial charge in [0.2, 0.25) is 5.91 Å². The number of hydrogen-bond acceptors (Lipinski definition) is 6. The second-order valence-electron chi connectivity index (χ2n) is 4.61. The Bertz CT molecular complexity index is 598. The second kappa shape index (κ2) is 6.95. The molecule has 8 heteroatoms. The summed E-state index contributed by atoms with van der Waals surface area (Å²) in [5.74, 6) is 2.27. The van der Waals surface area contributed by atoms with E-state index in [1.165, 1.54) is 34.5 Å². The Hall–Kier alpha value is -1.54. The van der Waals surface area contributed by atoms with Crippen molar-refractivity contribution in [3.05, 3.63) is 36.2 Å². The molecule has 1 amide bonds. The van der Waals surface area contributed by atoms with Crippen LogP contribution in [0.5, 0.6) is 0 Å². The van der Waals surface area contributed by atoms with Crippen LogP contribution in [0.3, 0.4) is 0 Å². The number of thioether (sulfide) groups is 2. The monoisotopic (exact) mass is 321 g/mol. The van der Waals surface area contributed by atoms with E-state index in [0.29, 0.717) is 4.58 Å². The molecule has 2 heterocycles. The van der Waals surface area contributed by atoms with E-state index >= 15 is 0 Å². The number of amides is 1. The standard InChI is InChI=1S/C13H15N5OS2/c19-12(8-18-9-14-16-17-18)15-11-4-1-3-10(7-11)13-20-5-2-6-21-13/h1,3-4,7,9,13H,2,5-6,8H2,(H,15,19). The Balaban J connectivity index is 1.63. The molecule has 0 saturated carbocycles. The molecule has 2 aromatic rings. The topological polar surface area (TPSA) is 72.7 Å². The highest BCUT2D eigenvalue weighted by Crippen LogP contribution is 2.43. The van der Waals surface area contributed by atoms with Gasteiger partial charge in [0.15, 0.2) is 0 Å². The number of carbonyl (C=O) groups is 1. The van der Waals surface area contributed by atoms with E-state index in [4.69, 9.17) is 0 Å². The summed E-state index contributed by atoms with van der Waals surface area (Å²) in [5, 5.41) is 13.6. The van der Waals surface area contributed by atoms with Crippen LogP contribution < -0.4 is 5.32 Å². The third-order valence-electron chi connectivity index (χ3n) is 2.97. The van der Waals surface area contributed by atoms with Gasteiger partial charge in [0.1, 0.15) is 12.9 Å². The lowest BCUT2D eigenvalue weighted by Gasteiger charge is -2.21. The Labute approximate surface area is 131 Å². The fraction of sp³-hybridized carbons (Fsp3) is 0.385. The van der Waals surface area contributed by atoms with Crippen LogP contribution in [0.4, 0.5) is 5.69 Å². The molecule has 1 aliphatic heterocycles. The van der Waals surface area contributed by atoms with Gasteiger partial charge in [-0.1, -0.05) is 12.1 Å². The number of nitrogens with one attached hydrogen (secondary N) is 1. The summed E-state index contributed by atoms with van der Waals surface area (Å²) in [6.45, 7) is 0.115. The zero-order chi connectivity index (χ0) is 14.5. The lowest BCUT2D eigenvalue weighted by atomic mass is 10.2. The van der Waals surface area contributed by atoms with Crippen LogP contribution in [0, 0.1) is 0 Å². The molecule has 0 atom stereocenters. The largest absolute Gasteiger partial charge is 0.324 e. The number of benzene rings is 1. The van der Waals surface area contributed by atoms with Crippen LogP contribution in [0.1, 0.15) is 16.6 Å². The SMILES string of the molecule is O=C(Cn1cnnn1)Nc1cccc(C2SCCCS2)c1. The Morgan fingerprint density at radius 1 is 1.38 bits per heavy atom. The van der Waals surface area contributed by atoms with Gasteiger partial charge in [-0.05, 0) is 46.0 Å². The molecule has 1 aromatic carbocycles. The van der Waals surface area contributed by atoms with Crippen LogP contribution in [-0.2, 0) is 11.3 Å². The number of nitrogens with zero attached hydrogens (tertiary/aromatic N) is 4. The van der Waals surface area contributed by atoms with Crippen molar-refractivity contribution in [3.8, 4) is 0 Å². The average Bonchev–Trinajstić information content (AvgIpc) is 3.01. The molecule has 0 aliphatic carbocycles. The first-order valence-electron chi connectivity index (χ1n) is 6.65. The zero-order valence-corrected chi connectivity index (χ0v) is 12.9. The maximum atomic E-state index is 11.9. The van der Waals surface area contributed by atoms with Gasteiger partial charge in [-0.2, -0.15) is 0 Å². The van der Waals surface area contributed by atoms with Gasteiger partial charge < -0.3 is 5.32 Å². The number of hydrogen-bond donors (Lipinski definition) is 1. The Morgan fingerprint density at radius 3 is 3.00 bits per heavy atom. The molecule has 21 heavy (non-hydrogen) atoms. The van der Waals surface area contributed by atoms with Gasteiger partial charge in [0.25, 0.3) is 0 Å². The van der Waals surface area contributed by atoms with Gasteiger partial charge in [-0.15, -0.1) is 28.6 Å². The normalized spacial score (nSPS) is 15.8. The van der Waals surface area contributed by atoms with Crippen molar-refractivity contribution in [1.82, 2.24) is 20.2 Å². The first-order valence-corrected chi connectivity index (χ1v) is 8.75. The minimum Gasteiger partial charge on any atom is -0.324 e. The molecule has 6 nitrogen and oxygen atoms in total. The first-order chi connectivity index (χ1) is 10.3. The van der Waals surface area contributed by atoms with Crippen molar-refractivity contribution in [2.24, 2.45) is 0 Å². The van der Waals surface area contributed by atoms with Crippen molar-refractivity contribution in [3.63, 3.8) is 0 Å². The van der Waals surface area contributed by atoms with Gasteiger partial charge in [-0.3, -0.25) is 4.79 Å². The first kappa shape index (κ1) is 14.4. The molecule has 1 saturated heterocycles. The molecular formula is C13H15N5OS2. The van der Waals surface area contributed by atoms with Gasteiger partial charge in [0.05, 0.1) is 4.58 Å².